The van der Waals surface area contributed by atoms with E-state index in [0.29, 0.717) is 5.13 Å². The maximum Gasteiger partial charge on any atom is 0.573 e. The molecule has 0 aliphatic heterocycles. The highest BCUT2D eigenvalue weighted by molar-refractivity contribution is 7.14. The van der Waals surface area contributed by atoms with Crippen LogP contribution in [0.15, 0.2) is 59.0 Å². The highest BCUT2D eigenvalue weighted by Gasteiger charge is 2.32. The SMILES string of the molecule is Fc1ccc(C=NNc2nc(-c3ccccc3)cs2)cc1OC(F)(F)F. The number of rotatable bonds is 5. The summed E-state index contributed by atoms with van der Waals surface area (Å²) < 4.78 is 53.7. The molecule has 1 heterocycles. The van der Waals surface area contributed by atoms with Crippen LogP contribution in [-0.2, 0) is 0 Å². The minimum Gasteiger partial charge on any atom is -0.403 e. The molecule has 0 bridgehead atoms. The summed E-state index contributed by atoms with van der Waals surface area (Å²) in [5.74, 6) is -2.03. The first kappa shape index (κ1) is 17.9. The Morgan fingerprint density at radius 2 is 1.88 bits per heavy atom. The van der Waals surface area contributed by atoms with Gasteiger partial charge in [-0.25, -0.2) is 9.37 Å². The number of hydrazone groups is 1. The Hall–Kier alpha value is -2.94. The van der Waals surface area contributed by atoms with Crippen molar-refractivity contribution < 1.29 is 22.3 Å². The molecule has 4 nitrogen and oxygen atoms in total. The molecule has 0 aliphatic carbocycles. The fourth-order valence-electron chi connectivity index (χ4n) is 2.03. The molecule has 26 heavy (non-hydrogen) atoms. The summed E-state index contributed by atoms with van der Waals surface area (Å²) in [6.07, 6.45) is -3.73. The van der Waals surface area contributed by atoms with E-state index in [0.717, 1.165) is 23.4 Å². The largest absolute Gasteiger partial charge is 0.573 e. The molecule has 3 aromatic rings. The van der Waals surface area contributed by atoms with E-state index in [1.54, 1.807) is 0 Å². The number of hydrogen-bond donors (Lipinski definition) is 1. The van der Waals surface area contributed by atoms with E-state index in [-0.39, 0.29) is 5.56 Å². The van der Waals surface area contributed by atoms with Crippen molar-refractivity contribution in [3.05, 3.63) is 65.3 Å². The number of thiazole rings is 1. The van der Waals surface area contributed by atoms with Gasteiger partial charge in [0.15, 0.2) is 11.6 Å². The van der Waals surface area contributed by atoms with Crippen molar-refractivity contribution in [1.82, 2.24) is 4.98 Å². The summed E-state index contributed by atoms with van der Waals surface area (Å²) in [5, 5.41) is 6.26. The molecule has 0 saturated heterocycles. The van der Waals surface area contributed by atoms with Crippen LogP contribution in [0.3, 0.4) is 0 Å². The van der Waals surface area contributed by atoms with Crippen LogP contribution in [0.5, 0.6) is 5.75 Å². The zero-order chi connectivity index (χ0) is 18.6. The lowest BCUT2D eigenvalue weighted by atomic mass is 10.2. The Kier molecular flexibility index (Phi) is 5.17. The van der Waals surface area contributed by atoms with Gasteiger partial charge in [-0.05, 0) is 17.7 Å². The summed E-state index contributed by atoms with van der Waals surface area (Å²) >= 11 is 1.32. The number of alkyl halides is 3. The first-order valence-electron chi connectivity index (χ1n) is 7.26. The van der Waals surface area contributed by atoms with Crippen LogP contribution >= 0.6 is 11.3 Å². The van der Waals surface area contributed by atoms with E-state index < -0.39 is 17.9 Å². The molecule has 2 aromatic carbocycles. The van der Waals surface area contributed by atoms with E-state index in [4.69, 9.17) is 0 Å². The normalized spacial score (nSPS) is 11.7. The van der Waals surface area contributed by atoms with Crippen molar-refractivity contribution in [3.63, 3.8) is 0 Å². The fraction of sp³-hybridized carbons (Fsp3) is 0.0588. The van der Waals surface area contributed by atoms with Crippen LogP contribution in [-0.4, -0.2) is 17.6 Å². The third-order valence-corrected chi connectivity index (χ3v) is 3.88. The Morgan fingerprint density at radius 3 is 2.62 bits per heavy atom. The van der Waals surface area contributed by atoms with Gasteiger partial charge in [0, 0.05) is 10.9 Å². The lowest BCUT2D eigenvalue weighted by Gasteiger charge is -2.09. The average Bonchev–Trinajstić information content (AvgIpc) is 3.06. The van der Waals surface area contributed by atoms with Gasteiger partial charge in [-0.3, -0.25) is 5.43 Å². The molecular formula is C17H11F4N3OS. The number of halogens is 4. The van der Waals surface area contributed by atoms with Gasteiger partial charge in [0.1, 0.15) is 0 Å². The number of ether oxygens (including phenoxy) is 1. The van der Waals surface area contributed by atoms with E-state index in [1.807, 2.05) is 35.7 Å². The topological polar surface area (TPSA) is 46.5 Å². The zero-order valence-corrected chi connectivity index (χ0v) is 13.8. The Bertz CT molecular complexity index is 910. The molecular weight excluding hydrogens is 370 g/mol. The second kappa shape index (κ2) is 7.52. The maximum atomic E-state index is 13.4. The van der Waals surface area contributed by atoms with Crippen molar-refractivity contribution in [2.45, 2.75) is 6.36 Å². The smallest absolute Gasteiger partial charge is 0.403 e. The first-order chi connectivity index (χ1) is 12.4. The monoisotopic (exact) mass is 381 g/mol. The molecule has 1 aromatic heterocycles. The van der Waals surface area contributed by atoms with Crippen molar-refractivity contribution >= 4 is 22.7 Å². The fourth-order valence-corrected chi connectivity index (χ4v) is 2.70. The minimum atomic E-state index is -4.97. The van der Waals surface area contributed by atoms with Crippen LogP contribution in [0.4, 0.5) is 22.7 Å². The van der Waals surface area contributed by atoms with Gasteiger partial charge in [-0.2, -0.15) is 5.10 Å². The average molecular weight is 381 g/mol. The van der Waals surface area contributed by atoms with Crippen LogP contribution in [0.2, 0.25) is 0 Å². The number of benzene rings is 2. The third kappa shape index (κ3) is 4.79. The quantitative estimate of drug-likeness (QED) is 0.371. The predicted octanol–water partition coefficient (Wildman–Crippen LogP) is 5.29. The lowest BCUT2D eigenvalue weighted by Crippen LogP contribution is -2.18. The van der Waals surface area contributed by atoms with Gasteiger partial charge in [0.25, 0.3) is 0 Å². The second-order valence-corrected chi connectivity index (χ2v) is 5.87. The van der Waals surface area contributed by atoms with E-state index in [2.05, 4.69) is 20.2 Å². The third-order valence-electron chi connectivity index (χ3n) is 3.13. The van der Waals surface area contributed by atoms with Crippen molar-refractivity contribution in [1.29, 1.82) is 0 Å². The molecule has 0 spiro atoms. The van der Waals surface area contributed by atoms with Crippen molar-refractivity contribution in [2.24, 2.45) is 5.10 Å². The Labute approximate surface area is 149 Å². The summed E-state index contributed by atoms with van der Waals surface area (Å²) in [6, 6.07) is 12.6. The maximum absolute atomic E-state index is 13.4. The Balaban J connectivity index is 1.68. The van der Waals surface area contributed by atoms with Crippen LogP contribution < -0.4 is 10.2 Å². The molecule has 9 heteroatoms. The van der Waals surface area contributed by atoms with Gasteiger partial charge in [-0.15, -0.1) is 24.5 Å². The van der Waals surface area contributed by atoms with Gasteiger partial charge in [0.05, 0.1) is 11.9 Å². The zero-order valence-electron chi connectivity index (χ0n) is 13.0. The second-order valence-electron chi connectivity index (χ2n) is 5.01. The van der Waals surface area contributed by atoms with Crippen molar-refractivity contribution in [2.75, 3.05) is 5.43 Å². The number of nitrogens with zero attached hydrogens (tertiary/aromatic N) is 2. The number of aromatic nitrogens is 1. The highest BCUT2D eigenvalue weighted by Crippen LogP contribution is 2.26. The summed E-state index contributed by atoms with van der Waals surface area (Å²) in [5.41, 5.74) is 4.65. The summed E-state index contributed by atoms with van der Waals surface area (Å²) in [7, 11) is 0. The molecule has 134 valence electrons. The van der Waals surface area contributed by atoms with E-state index >= 15 is 0 Å². The molecule has 1 N–H and O–H groups in total. The molecule has 3 rings (SSSR count). The molecule has 0 atom stereocenters. The summed E-state index contributed by atoms with van der Waals surface area (Å²) in [4.78, 5) is 4.35. The summed E-state index contributed by atoms with van der Waals surface area (Å²) in [6.45, 7) is 0. The first-order valence-corrected chi connectivity index (χ1v) is 8.14. The predicted molar refractivity (Wildman–Crippen MR) is 91.8 cm³/mol. The Morgan fingerprint density at radius 1 is 1.12 bits per heavy atom. The van der Waals surface area contributed by atoms with Crippen LogP contribution in [0.25, 0.3) is 11.3 Å². The number of anilines is 1. The van der Waals surface area contributed by atoms with Gasteiger partial charge in [-0.1, -0.05) is 36.4 Å². The number of hydrogen-bond acceptors (Lipinski definition) is 5. The van der Waals surface area contributed by atoms with E-state index in [1.165, 1.54) is 23.6 Å². The van der Waals surface area contributed by atoms with Crippen molar-refractivity contribution in [3.8, 4) is 17.0 Å². The van der Waals surface area contributed by atoms with E-state index in [9.17, 15) is 17.6 Å². The number of nitrogens with one attached hydrogen (secondary N) is 1. The molecule has 0 saturated carbocycles. The highest BCUT2D eigenvalue weighted by atomic mass is 32.1. The van der Waals surface area contributed by atoms with Gasteiger partial charge < -0.3 is 4.74 Å². The minimum absolute atomic E-state index is 0.234. The molecule has 0 unspecified atom stereocenters. The molecule has 0 aliphatic rings. The van der Waals surface area contributed by atoms with Gasteiger partial charge in [0.2, 0.25) is 5.13 Å². The molecule has 0 amide bonds. The standard InChI is InChI=1S/C17H11F4N3OS/c18-13-7-6-11(8-15(13)25-17(19,20)21)9-22-24-16-23-14(10-26-16)12-4-2-1-3-5-12/h1-10H,(H,23,24). The van der Waals surface area contributed by atoms with Crippen LogP contribution in [0, 0.1) is 5.82 Å². The van der Waals surface area contributed by atoms with Crippen LogP contribution in [0.1, 0.15) is 5.56 Å². The molecule has 0 radical (unpaired) electrons. The molecule has 0 fully saturated rings. The lowest BCUT2D eigenvalue weighted by molar-refractivity contribution is -0.275. The van der Waals surface area contributed by atoms with Gasteiger partial charge >= 0.3 is 6.36 Å².